The zero-order valence-electron chi connectivity index (χ0n) is 21.3. The molecular weight excluding hydrogens is 442 g/mol. The number of hydrogen-bond donors (Lipinski definition) is 1. The van der Waals surface area contributed by atoms with Crippen LogP contribution in [-0.4, -0.2) is 30.4 Å². The van der Waals surface area contributed by atoms with Crippen LogP contribution in [0, 0.1) is 12.5 Å². The number of para-hydroxylation sites is 1. The molecule has 184 valence electrons. The molecule has 0 saturated carbocycles. The summed E-state index contributed by atoms with van der Waals surface area (Å²) in [7, 11) is 1.40. The first-order chi connectivity index (χ1) is 16.3. The maximum Gasteiger partial charge on any atom is 0.309 e. The third-order valence-corrected chi connectivity index (χ3v) is 6.24. The van der Waals surface area contributed by atoms with Crippen molar-refractivity contribution in [3.63, 3.8) is 0 Å². The molecule has 0 saturated heterocycles. The predicted molar refractivity (Wildman–Crippen MR) is 147 cm³/mol. The second-order valence-electron chi connectivity index (χ2n) is 8.56. The van der Waals surface area contributed by atoms with Crippen LogP contribution < -0.4 is 5.32 Å². The van der Waals surface area contributed by atoms with Gasteiger partial charge >= 0.3 is 5.97 Å². The number of anilines is 1. The first-order valence-corrected chi connectivity index (χ1v) is 12.9. The summed E-state index contributed by atoms with van der Waals surface area (Å²) in [6.07, 6.45) is 11.5. The number of esters is 1. The number of amidine groups is 1. The van der Waals surface area contributed by atoms with Gasteiger partial charge in [-0.1, -0.05) is 53.1 Å². The van der Waals surface area contributed by atoms with Crippen molar-refractivity contribution >= 4 is 29.3 Å². The summed E-state index contributed by atoms with van der Waals surface area (Å²) < 4.78 is 5.00. The van der Waals surface area contributed by atoms with E-state index in [-0.39, 0.29) is 11.9 Å². The van der Waals surface area contributed by atoms with Crippen molar-refractivity contribution in [2.45, 2.75) is 59.8 Å². The summed E-state index contributed by atoms with van der Waals surface area (Å²) in [6, 6.07) is 9.52. The van der Waals surface area contributed by atoms with Crippen molar-refractivity contribution in [2.24, 2.45) is 11.0 Å². The number of allylic oxidation sites excluding steroid dienone is 5. The smallest absolute Gasteiger partial charge is 0.309 e. The van der Waals surface area contributed by atoms with E-state index in [1.54, 1.807) is 11.8 Å². The normalized spacial score (nSPS) is 13.1. The third kappa shape index (κ3) is 13.7. The van der Waals surface area contributed by atoms with Gasteiger partial charge in [0, 0.05) is 23.6 Å². The van der Waals surface area contributed by atoms with Crippen molar-refractivity contribution < 1.29 is 9.53 Å². The van der Waals surface area contributed by atoms with Gasteiger partial charge in [-0.25, -0.2) is 0 Å². The Balaban J connectivity index is 2.53. The Kier molecular flexibility index (Phi) is 15.2. The van der Waals surface area contributed by atoms with Gasteiger partial charge in [0.05, 0.1) is 13.0 Å². The monoisotopic (exact) mass is 481 g/mol. The van der Waals surface area contributed by atoms with Crippen molar-refractivity contribution in [3.8, 4) is 0 Å². The largest absolute Gasteiger partial charge is 0.469 e. The van der Waals surface area contributed by atoms with Crippen molar-refractivity contribution in [1.82, 2.24) is 0 Å². The van der Waals surface area contributed by atoms with Crippen LogP contribution in [0.25, 0.3) is 4.95 Å². The topological polar surface area (TPSA) is 55.0 Å². The average molecular weight is 482 g/mol. The fourth-order valence-electron chi connectivity index (χ4n) is 3.23. The van der Waals surface area contributed by atoms with Crippen molar-refractivity contribution in [1.29, 1.82) is 0 Å². The number of ether oxygens (including phenoxy) is 1. The number of benzene rings is 1. The van der Waals surface area contributed by atoms with E-state index in [9.17, 15) is 4.79 Å². The molecule has 0 radical (unpaired) electrons. The Bertz CT molecular complexity index is 907. The Morgan fingerprint density at radius 2 is 1.74 bits per heavy atom. The van der Waals surface area contributed by atoms with E-state index in [4.69, 9.17) is 11.3 Å². The molecule has 0 fully saturated rings. The van der Waals surface area contributed by atoms with Gasteiger partial charge in [0.25, 0.3) is 0 Å². The van der Waals surface area contributed by atoms with Crippen LogP contribution in [0.3, 0.4) is 0 Å². The SMILES string of the molecule is [C-]#[N+]/N=C(\CC(CSC/C=C(\C)CC/C=C(\C)CCC=C(C)C)C(=O)OC)Nc1ccccc1. The molecule has 0 aliphatic carbocycles. The second kappa shape index (κ2) is 17.7. The lowest BCUT2D eigenvalue weighted by molar-refractivity contribution is -0.144. The minimum absolute atomic E-state index is 0.283. The lowest BCUT2D eigenvalue weighted by atomic mass is 10.1. The molecule has 0 aliphatic rings. The van der Waals surface area contributed by atoms with Gasteiger partial charge in [-0.2, -0.15) is 18.3 Å². The number of methoxy groups -OCH3 is 1. The number of rotatable bonds is 14. The van der Waals surface area contributed by atoms with E-state index in [1.807, 2.05) is 30.3 Å². The van der Waals surface area contributed by atoms with Crippen LogP contribution in [0.15, 0.2) is 70.4 Å². The second-order valence-corrected chi connectivity index (χ2v) is 9.63. The molecule has 0 spiro atoms. The molecule has 6 heteroatoms. The maximum absolute atomic E-state index is 12.3. The molecule has 0 heterocycles. The first kappa shape index (κ1) is 29.3. The van der Waals surface area contributed by atoms with Crippen molar-refractivity contribution in [2.75, 3.05) is 23.9 Å². The first-order valence-electron chi connectivity index (χ1n) is 11.7. The zero-order chi connectivity index (χ0) is 25.2. The molecule has 0 aromatic heterocycles. The standard InChI is InChI=1S/C28H39N3O2S/c1-22(2)12-10-13-23(3)14-11-15-24(4)18-19-34-21-25(28(32)33-6)20-27(31-29-5)30-26-16-8-7-9-17-26/h7-9,12,14,16-18,25H,10-11,13,15,19-21H2,1-4,6H3,(H,30,31)/b23-14+,24-18+. The number of hydrogen-bond acceptors (Lipinski definition) is 4. The van der Waals surface area contributed by atoms with E-state index >= 15 is 0 Å². The summed E-state index contributed by atoms with van der Waals surface area (Å²) in [6.45, 7) is 15.8. The highest BCUT2D eigenvalue weighted by molar-refractivity contribution is 7.99. The number of thioether (sulfide) groups is 1. The van der Waals surface area contributed by atoms with Crippen LogP contribution in [0.4, 0.5) is 5.69 Å². The minimum atomic E-state index is -0.369. The summed E-state index contributed by atoms with van der Waals surface area (Å²) in [5, 5.41) is 7.01. The summed E-state index contributed by atoms with van der Waals surface area (Å²) in [5.41, 5.74) is 5.01. The number of carbonyl (C=O) groups excluding carboxylic acids is 1. The van der Waals surface area contributed by atoms with E-state index < -0.39 is 0 Å². The van der Waals surface area contributed by atoms with Crippen LogP contribution in [0.2, 0.25) is 0 Å². The Morgan fingerprint density at radius 1 is 1.09 bits per heavy atom. The van der Waals surface area contributed by atoms with Crippen LogP contribution in [0.5, 0.6) is 0 Å². The highest BCUT2D eigenvalue weighted by Crippen LogP contribution is 2.18. The number of carbonyl (C=O) groups is 1. The van der Waals surface area contributed by atoms with E-state index in [0.29, 0.717) is 18.0 Å². The summed E-state index contributed by atoms with van der Waals surface area (Å²) in [4.78, 5) is 15.5. The van der Waals surface area contributed by atoms with Crippen LogP contribution in [0.1, 0.15) is 59.8 Å². The van der Waals surface area contributed by atoms with Gasteiger partial charge in [-0.05, 0) is 65.5 Å². The van der Waals surface area contributed by atoms with Gasteiger partial charge in [0.2, 0.25) is 0 Å². The van der Waals surface area contributed by atoms with E-state index in [1.165, 1.54) is 23.8 Å². The van der Waals surface area contributed by atoms with Gasteiger partial charge in [-0.15, -0.1) is 4.95 Å². The van der Waals surface area contributed by atoms with Gasteiger partial charge in [0.1, 0.15) is 5.10 Å². The van der Waals surface area contributed by atoms with Crippen LogP contribution in [-0.2, 0) is 9.53 Å². The Morgan fingerprint density at radius 3 is 2.35 bits per heavy atom. The average Bonchev–Trinajstić information content (AvgIpc) is 2.81. The molecule has 0 aliphatic heterocycles. The Hall–Kier alpha value is -2.78. The molecule has 0 amide bonds. The fraction of sp³-hybridized carbons (Fsp3) is 0.464. The molecule has 0 bridgehead atoms. The minimum Gasteiger partial charge on any atom is -0.469 e. The summed E-state index contributed by atoms with van der Waals surface area (Å²) >= 11 is 1.69. The lowest BCUT2D eigenvalue weighted by Gasteiger charge is -2.15. The third-order valence-electron chi connectivity index (χ3n) is 5.20. The van der Waals surface area contributed by atoms with Gasteiger partial charge in [0.15, 0.2) is 5.84 Å². The zero-order valence-corrected chi connectivity index (χ0v) is 22.1. The number of nitrogens with one attached hydrogen (secondary N) is 1. The molecule has 34 heavy (non-hydrogen) atoms. The highest BCUT2D eigenvalue weighted by atomic mass is 32.2. The van der Waals surface area contributed by atoms with Crippen LogP contribution >= 0.6 is 11.8 Å². The fourth-order valence-corrected chi connectivity index (χ4v) is 4.30. The number of nitrogens with zero attached hydrogens (tertiary/aromatic N) is 2. The molecule has 1 rings (SSSR count). The quantitative estimate of drug-likeness (QED) is 0.0563. The Labute approximate surface area is 210 Å². The molecule has 1 aromatic rings. The summed E-state index contributed by atoms with van der Waals surface area (Å²) in [5.74, 6) is 1.26. The van der Waals surface area contributed by atoms with Gasteiger partial charge in [-0.3, -0.25) is 4.79 Å². The highest BCUT2D eigenvalue weighted by Gasteiger charge is 2.23. The molecule has 5 nitrogen and oxygen atoms in total. The molecular formula is C28H39N3O2S. The van der Waals surface area contributed by atoms with Crippen molar-refractivity contribution in [3.05, 3.63) is 76.8 Å². The molecule has 1 aromatic carbocycles. The molecule has 1 atom stereocenters. The van der Waals surface area contributed by atoms with E-state index in [2.05, 4.69) is 61.3 Å². The van der Waals surface area contributed by atoms with E-state index in [0.717, 1.165) is 37.1 Å². The maximum atomic E-state index is 12.3. The lowest BCUT2D eigenvalue weighted by Crippen LogP contribution is -2.25. The van der Waals surface area contributed by atoms with Gasteiger partial charge < -0.3 is 10.1 Å². The molecule has 1 N–H and O–H groups in total. The molecule has 1 unspecified atom stereocenters. The predicted octanol–water partition coefficient (Wildman–Crippen LogP) is 7.66.